The summed E-state index contributed by atoms with van der Waals surface area (Å²) in [6.45, 7) is 2.56. The number of nitrogens with two attached hydrogens (primary N) is 1. The molecule has 7 nitrogen and oxygen atoms in total. The molecule has 9 heteroatoms. The first kappa shape index (κ1) is 28.8. The van der Waals surface area contributed by atoms with Gasteiger partial charge in [-0.1, -0.05) is 53.5 Å². The largest absolute Gasteiger partial charge is 0.491 e. The lowest BCUT2D eigenvalue weighted by atomic mass is 10.0. The maximum Gasteiger partial charge on any atom is 0.337 e. The Labute approximate surface area is 227 Å². The molecule has 0 bridgehead atoms. The van der Waals surface area contributed by atoms with Crippen LogP contribution in [0.4, 0.5) is 5.69 Å². The normalized spacial score (nSPS) is 13.7. The molecule has 3 aromatic carbocycles. The highest BCUT2D eigenvalue weighted by atomic mass is 35.5. The number of methoxy groups -OCH3 is 1. The molecule has 0 saturated carbocycles. The van der Waals surface area contributed by atoms with Gasteiger partial charge in [0.15, 0.2) is 0 Å². The number of nitrogens with zero attached hydrogens (tertiary/aromatic N) is 1. The van der Waals surface area contributed by atoms with E-state index in [1.807, 2.05) is 54.3 Å². The second kappa shape index (κ2) is 13.7. The Morgan fingerprint density at radius 2 is 1.62 bits per heavy atom. The minimum Gasteiger partial charge on any atom is -0.491 e. The van der Waals surface area contributed by atoms with Crippen molar-refractivity contribution >= 4 is 34.9 Å². The van der Waals surface area contributed by atoms with Crippen molar-refractivity contribution in [3.8, 4) is 5.75 Å². The van der Waals surface area contributed by atoms with Crippen LogP contribution in [0.25, 0.3) is 0 Å². The number of carbonyl (C=O) groups is 1. The van der Waals surface area contributed by atoms with Gasteiger partial charge in [-0.15, -0.1) is 0 Å². The molecular formula is C28H32Cl2N2O5. The van der Waals surface area contributed by atoms with Gasteiger partial charge in [0.05, 0.1) is 34.5 Å². The summed E-state index contributed by atoms with van der Waals surface area (Å²) in [5.41, 5.74) is 8.09. The molecule has 0 spiro atoms. The first-order chi connectivity index (χ1) is 17.7. The molecule has 0 aliphatic heterocycles. The number of hydrogen-bond acceptors (Lipinski definition) is 7. The van der Waals surface area contributed by atoms with Crippen molar-refractivity contribution in [1.29, 1.82) is 0 Å². The third kappa shape index (κ3) is 8.35. The summed E-state index contributed by atoms with van der Waals surface area (Å²) in [6.07, 6.45) is -1.12. The van der Waals surface area contributed by atoms with E-state index < -0.39 is 18.2 Å². The minimum atomic E-state index is -0.929. The predicted molar refractivity (Wildman–Crippen MR) is 146 cm³/mol. The van der Waals surface area contributed by atoms with Crippen LogP contribution in [0.5, 0.6) is 5.75 Å². The summed E-state index contributed by atoms with van der Waals surface area (Å²) in [6, 6.07) is 19.5. The van der Waals surface area contributed by atoms with Crippen LogP contribution in [0, 0.1) is 0 Å². The van der Waals surface area contributed by atoms with E-state index in [-0.39, 0.29) is 41.5 Å². The van der Waals surface area contributed by atoms with Crippen LogP contribution in [0.2, 0.25) is 10.0 Å². The highest BCUT2D eigenvalue weighted by Crippen LogP contribution is 2.32. The van der Waals surface area contributed by atoms with E-state index in [0.717, 1.165) is 5.56 Å². The van der Waals surface area contributed by atoms with E-state index in [1.165, 1.54) is 7.11 Å². The van der Waals surface area contributed by atoms with Gasteiger partial charge in [-0.05, 0) is 60.9 Å². The van der Waals surface area contributed by atoms with Gasteiger partial charge >= 0.3 is 5.97 Å². The van der Waals surface area contributed by atoms with Crippen molar-refractivity contribution in [3.05, 3.63) is 93.5 Å². The van der Waals surface area contributed by atoms with Crippen molar-refractivity contribution in [2.45, 2.75) is 31.6 Å². The highest BCUT2D eigenvalue weighted by Gasteiger charge is 2.23. The fourth-order valence-corrected chi connectivity index (χ4v) is 4.46. The lowest BCUT2D eigenvalue weighted by Crippen LogP contribution is -2.44. The molecule has 3 atom stereocenters. The number of nitrogen functional groups attached to an aromatic ring is 1. The van der Waals surface area contributed by atoms with E-state index >= 15 is 0 Å². The Hall–Kier alpha value is -2.81. The number of ether oxygens (including phenoxy) is 2. The zero-order valence-corrected chi connectivity index (χ0v) is 22.3. The van der Waals surface area contributed by atoms with Crippen molar-refractivity contribution in [3.63, 3.8) is 0 Å². The smallest absolute Gasteiger partial charge is 0.337 e. The molecule has 3 rings (SSSR count). The fraction of sp³-hybridized carbons (Fsp3) is 0.321. The average molecular weight is 547 g/mol. The molecule has 0 aliphatic carbocycles. The molecule has 3 aromatic rings. The number of aliphatic hydroxyl groups is 2. The third-order valence-electron chi connectivity index (χ3n) is 6.05. The van der Waals surface area contributed by atoms with Gasteiger partial charge in [-0.2, -0.15) is 0 Å². The summed E-state index contributed by atoms with van der Waals surface area (Å²) < 4.78 is 10.5. The number of rotatable bonds is 12. The quantitative estimate of drug-likeness (QED) is 0.222. The van der Waals surface area contributed by atoms with Gasteiger partial charge < -0.3 is 25.4 Å². The van der Waals surface area contributed by atoms with Gasteiger partial charge in [0, 0.05) is 19.1 Å². The number of para-hydroxylation sites is 1. The molecule has 0 saturated heterocycles. The number of hydrogen-bond donors (Lipinski definition) is 3. The lowest BCUT2D eigenvalue weighted by molar-refractivity contribution is 0.0291. The van der Waals surface area contributed by atoms with Gasteiger partial charge in [0.25, 0.3) is 0 Å². The number of carbonyl (C=O) groups excluding carboxylic acids is 1. The Morgan fingerprint density at radius 3 is 2.22 bits per heavy atom. The molecule has 0 amide bonds. The van der Waals surface area contributed by atoms with E-state index in [9.17, 15) is 15.0 Å². The molecule has 37 heavy (non-hydrogen) atoms. The summed E-state index contributed by atoms with van der Waals surface area (Å²) in [7, 11) is 1.34. The summed E-state index contributed by atoms with van der Waals surface area (Å²) >= 11 is 12.4. The van der Waals surface area contributed by atoms with Crippen molar-refractivity contribution in [1.82, 2.24) is 4.90 Å². The average Bonchev–Trinajstić information content (AvgIpc) is 2.90. The van der Waals surface area contributed by atoms with E-state index in [1.54, 1.807) is 24.3 Å². The monoisotopic (exact) mass is 546 g/mol. The summed E-state index contributed by atoms with van der Waals surface area (Å²) in [5, 5.41) is 22.3. The van der Waals surface area contributed by atoms with Gasteiger partial charge in [-0.3, -0.25) is 4.90 Å². The standard InChI is InChI=1S/C28H32Cl2N2O5/c1-18(12-19-8-10-20(11-9-19)28(35)36-2)32(15-22(33)17-37-23-6-4-3-5-7-23)16-26(34)21-13-24(29)27(31)25(30)14-21/h3-11,13-14,18,22,26,33-34H,12,15-17,31H2,1-2H3/t18?,22-,26-/m0/s1. The molecule has 0 heterocycles. The molecule has 0 aromatic heterocycles. The zero-order valence-electron chi connectivity index (χ0n) is 20.8. The maximum atomic E-state index is 11.7. The Kier molecular flexibility index (Phi) is 10.6. The van der Waals surface area contributed by atoms with Crippen LogP contribution in [0.15, 0.2) is 66.7 Å². The van der Waals surface area contributed by atoms with Crippen LogP contribution < -0.4 is 10.5 Å². The van der Waals surface area contributed by atoms with Crippen molar-refractivity contribution < 1.29 is 24.5 Å². The number of anilines is 1. The van der Waals surface area contributed by atoms with Crippen LogP contribution in [0.3, 0.4) is 0 Å². The van der Waals surface area contributed by atoms with Crippen LogP contribution in [0.1, 0.15) is 34.5 Å². The van der Waals surface area contributed by atoms with Crippen LogP contribution in [-0.4, -0.2) is 60.0 Å². The van der Waals surface area contributed by atoms with Crippen molar-refractivity contribution in [2.24, 2.45) is 0 Å². The first-order valence-corrected chi connectivity index (χ1v) is 12.6. The molecule has 0 fully saturated rings. The number of benzene rings is 3. The number of halogens is 2. The van der Waals surface area contributed by atoms with Crippen molar-refractivity contribution in [2.75, 3.05) is 32.5 Å². The van der Waals surface area contributed by atoms with E-state index in [0.29, 0.717) is 23.3 Å². The summed E-state index contributed by atoms with van der Waals surface area (Å²) in [4.78, 5) is 13.7. The number of esters is 1. The Morgan fingerprint density at radius 1 is 1.00 bits per heavy atom. The van der Waals surface area contributed by atoms with Gasteiger partial charge in [0.2, 0.25) is 0 Å². The van der Waals surface area contributed by atoms with E-state index in [2.05, 4.69) is 0 Å². The fourth-order valence-electron chi connectivity index (χ4n) is 3.96. The van der Waals surface area contributed by atoms with Gasteiger partial charge in [0.1, 0.15) is 18.5 Å². The molecular weight excluding hydrogens is 515 g/mol. The molecule has 198 valence electrons. The minimum absolute atomic E-state index is 0.0790. The van der Waals surface area contributed by atoms with Gasteiger partial charge in [-0.25, -0.2) is 4.79 Å². The topological polar surface area (TPSA) is 105 Å². The SMILES string of the molecule is COC(=O)c1ccc(CC(C)N(C[C@H](O)COc2ccccc2)C[C@H](O)c2cc(Cl)c(N)c(Cl)c2)cc1. The summed E-state index contributed by atoms with van der Waals surface area (Å²) in [5.74, 6) is 0.268. The Balaban J connectivity index is 1.73. The predicted octanol–water partition coefficient (Wildman–Crippen LogP) is 4.77. The number of aliphatic hydroxyl groups excluding tert-OH is 2. The highest BCUT2D eigenvalue weighted by molar-refractivity contribution is 6.38. The Bertz CT molecular complexity index is 1140. The molecule has 1 unspecified atom stereocenters. The molecule has 0 aliphatic rings. The third-order valence-corrected chi connectivity index (χ3v) is 6.68. The second-order valence-electron chi connectivity index (χ2n) is 8.89. The molecule has 4 N–H and O–H groups in total. The van der Waals surface area contributed by atoms with Crippen LogP contribution >= 0.6 is 23.2 Å². The van der Waals surface area contributed by atoms with E-state index in [4.69, 9.17) is 38.4 Å². The first-order valence-electron chi connectivity index (χ1n) is 11.9. The zero-order chi connectivity index (χ0) is 26.9. The maximum absolute atomic E-state index is 11.7. The lowest BCUT2D eigenvalue weighted by Gasteiger charge is -2.33. The van der Waals surface area contributed by atoms with Crippen LogP contribution in [-0.2, 0) is 11.2 Å². The second-order valence-corrected chi connectivity index (χ2v) is 9.70. The molecule has 0 radical (unpaired) electrons.